The number of benzene rings is 1. The van der Waals surface area contributed by atoms with Crippen molar-refractivity contribution in [2.45, 2.75) is 19.8 Å². The fourth-order valence-electron chi connectivity index (χ4n) is 2.71. The van der Waals surface area contributed by atoms with E-state index in [1.807, 2.05) is 13.8 Å². The Balaban J connectivity index is 2.25. The minimum Gasteiger partial charge on any atom is -0.508 e. The number of aromatic nitrogens is 1. The summed E-state index contributed by atoms with van der Waals surface area (Å²) in [6, 6.07) is 5.81. The highest BCUT2D eigenvalue weighted by atomic mass is 16.3. The highest BCUT2D eigenvalue weighted by Gasteiger charge is 2.31. The maximum absolute atomic E-state index is 12.3. The molecule has 0 bridgehead atoms. The number of fused-ring (bicyclic) bond motifs is 1. The summed E-state index contributed by atoms with van der Waals surface area (Å²) < 4.78 is 1.10. The van der Waals surface area contributed by atoms with E-state index in [-0.39, 0.29) is 28.6 Å². The molecule has 2 amide bonds. The van der Waals surface area contributed by atoms with Gasteiger partial charge in [-0.3, -0.25) is 24.3 Å². The molecular formula is C16H15N3O4. The number of nitrogen functional groups attached to an aromatic ring is 1. The topological polar surface area (TPSA) is 114 Å². The number of pyridine rings is 1. The van der Waals surface area contributed by atoms with Gasteiger partial charge in [0, 0.05) is 12.1 Å². The van der Waals surface area contributed by atoms with E-state index in [1.54, 1.807) is 12.1 Å². The van der Waals surface area contributed by atoms with Crippen LogP contribution < -0.4 is 16.6 Å². The Labute approximate surface area is 131 Å². The van der Waals surface area contributed by atoms with Crippen LogP contribution in [0, 0.1) is 0 Å². The molecule has 2 aromatic rings. The molecule has 0 aliphatic carbocycles. The number of carbonyl (C=O) groups is 2. The van der Waals surface area contributed by atoms with Gasteiger partial charge in [-0.2, -0.15) is 0 Å². The van der Waals surface area contributed by atoms with Crippen molar-refractivity contribution in [3.8, 4) is 11.4 Å². The van der Waals surface area contributed by atoms with Crippen LogP contribution in [-0.2, 0) is 0 Å². The molecule has 1 aromatic heterocycles. The van der Waals surface area contributed by atoms with E-state index in [2.05, 4.69) is 5.32 Å². The van der Waals surface area contributed by atoms with E-state index in [0.29, 0.717) is 5.69 Å². The molecule has 0 radical (unpaired) electrons. The summed E-state index contributed by atoms with van der Waals surface area (Å²) in [5, 5.41) is 12.2. The molecule has 2 heterocycles. The first-order chi connectivity index (χ1) is 10.8. The molecule has 1 aliphatic heterocycles. The van der Waals surface area contributed by atoms with Crippen LogP contribution >= 0.6 is 0 Å². The van der Waals surface area contributed by atoms with E-state index in [1.165, 1.54) is 6.07 Å². The highest BCUT2D eigenvalue weighted by Crippen LogP contribution is 2.29. The molecular weight excluding hydrogens is 298 g/mol. The molecule has 7 heteroatoms. The van der Waals surface area contributed by atoms with Crippen molar-refractivity contribution < 1.29 is 14.7 Å². The van der Waals surface area contributed by atoms with Gasteiger partial charge in [-0.25, -0.2) is 0 Å². The first kappa shape index (κ1) is 14.8. The number of anilines is 1. The zero-order valence-electron chi connectivity index (χ0n) is 12.6. The van der Waals surface area contributed by atoms with E-state index in [4.69, 9.17) is 5.73 Å². The maximum atomic E-state index is 12.3. The van der Waals surface area contributed by atoms with Gasteiger partial charge in [-0.15, -0.1) is 0 Å². The third-order valence-corrected chi connectivity index (χ3v) is 3.85. The molecule has 0 saturated carbocycles. The molecule has 118 valence electrons. The van der Waals surface area contributed by atoms with Crippen molar-refractivity contribution in [3.63, 3.8) is 0 Å². The number of imide groups is 1. The standard InChI is InChI=1S/C16H15N3O4/c1-7(2)9-4-3-8(5-11(9)20)19-12(21)6-10-13(14(19)17)16(23)18-15(10)22/h3-7,20H,17H2,1-2H3,(H,18,22,23). The average Bonchev–Trinajstić information content (AvgIpc) is 2.73. The molecule has 1 aromatic carbocycles. The van der Waals surface area contributed by atoms with Gasteiger partial charge >= 0.3 is 0 Å². The summed E-state index contributed by atoms with van der Waals surface area (Å²) in [4.78, 5) is 35.7. The minimum absolute atomic E-state index is 0.0259. The predicted octanol–water partition coefficient (Wildman–Crippen LogP) is 1.13. The third kappa shape index (κ3) is 2.17. The van der Waals surface area contributed by atoms with E-state index in [9.17, 15) is 19.5 Å². The second kappa shape index (κ2) is 4.98. The van der Waals surface area contributed by atoms with Gasteiger partial charge in [0.2, 0.25) is 0 Å². The van der Waals surface area contributed by atoms with Gasteiger partial charge in [-0.05, 0) is 17.5 Å². The highest BCUT2D eigenvalue weighted by molar-refractivity contribution is 6.23. The number of nitrogens with two attached hydrogens (primary N) is 1. The van der Waals surface area contributed by atoms with Crippen LogP contribution in [0.1, 0.15) is 46.0 Å². The Morgan fingerprint density at radius 3 is 2.43 bits per heavy atom. The molecule has 23 heavy (non-hydrogen) atoms. The second-order valence-corrected chi connectivity index (χ2v) is 5.67. The van der Waals surface area contributed by atoms with Crippen LogP contribution in [0.25, 0.3) is 5.69 Å². The minimum atomic E-state index is -0.640. The molecule has 4 N–H and O–H groups in total. The first-order valence-electron chi connectivity index (χ1n) is 7.05. The van der Waals surface area contributed by atoms with Crippen molar-refractivity contribution in [2.75, 3.05) is 5.73 Å². The molecule has 0 saturated heterocycles. The monoisotopic (exact) mass is 313 g/mol. The Morgan fingerprint density at radius 1 is 1.13 bits per heavy atom. The number of phenols is 1. The molecule has 1 aliphatic rings. The van der Waals surface area contributed by atoms with Gasteiger partial charge in [0.15, 0.2) is 0 Å². The summed E-state index contributed by atoms with van der Waals surface area (Å²) in [5.74, 6) is -1.27. The smallest absolute Gasteiger partial charge is 0.262 e. The van der Waals surface area contributed by atoms with Gasteiger partial charge in [0.25, 0.3) is 17.4 Å². The number of nitrogens with one attached hydrogen (secondary N) is 1. The quantitative estimate of drug-likeness (QED) is 0.719. The van der Waals surface area contributed by atoms with Crippen molar-refractivity contribution in [1.82, 2.24) is 9.88 Å². The van der Waals surface area contributed by atoms with Crippen molar-refractivity contribution in [2.24, 2.45) is 0 Å². The van der Waals surface area contributed by atoms with Crippen LogP contribution in [0.5, 0.6) is 5.75 Å². The lowest BCUT2D eigenvalue weighted by Crippen LogP contribution is -2.24. The lowest BCUT2D eigenvalue weighted by atomic mass is 10.0. The van der Waals surface area contributed by atoms with Crippen LogP contribution in [-0.4, -0.2) is 21.5 Å². The Kier molecular flexibility index (Phi) is 3.21. The number of phenolic OH excluding ortho intramolecular Hbond substituents is 1. The molecule has 3 rings (SSSR count). The van der Waals surface area contributed by atoms with Gasteiger partial charge < -0.3 is 10.8 Å². The van der Waals surface area contributed by atoms with E-state index in [0.717, 1.165) is 16.2 Å². The second-order valence-electron chi connectivity index (χ2n) is 5.67. The molecule has 0 unspecified atom stereocenters. The summed E-state index contributed by atoms with van der Waals surface area (Å²) in [6.45, 7) is 3.86. The number of amides is 2. The molecule has 0 spiro atoms. The van der Waals surface area contributed by atoms with Crippen LogP contribution in [0.3, 0.4) is 0 Å². The summed E-state index contributed by atoms with van der Waals surface area (Å²) in [5.41, 5.74) is 6.38. The molecule has 0 atom stereocenters. The van der Waals surface area contributed by atoms with Crippen molar-refractivity contribution in [3.05, 3.63) is 51.3 Å². The number of aromatic hydroxyl groups is 1. The first-order valence-corrected chi connectivity index (χ1v) is 7.05. The number of hydrogen-bond acceptors (Lipinski definition) is 5. The van der Waals surface area contributed by atoms with Crippen LogP contribution in [0.15, 0.2) is 29.1 Å². The third-order valence-electron chi connectivity index (χ3n) is 3.85. The number of hydrogen-bond donors (Lipinski definition) is 3. The zero-order chi connectivity index (χ0) is 16.9. The van der Waals surface area contributed by atoms with Gasteiger partial charge in [-0.1, -0.05) is 19.9 Å². The Hall–Kier alpha value is -3.09. The summed E-state index contributed by atoms with van der Waals surface area (Å²) >= 11 is 0. The lowest BCUT2D eigenvalue weighted by molar-refractivity contribution is 0.0880. The average molecular weight is 313 g/mol. The Bertz CT molecular complexity index is 912. The van der Waals surface area contributed by atoms with E-state index >= 15 is 0 Å². The maximum Gasteiger partial charge on any atom is 0.262 e. The largest absolute Gasteiger partial charge is 0.508 e. The molecule has 7 nitrogen and oxygen atoms in total. The normalized spacial score (nSPS) is 13.3. The Morgan fingerprint density at radius 2 is 1.83 bits per heavy atom. The number of nitrogens with zero attached hydrogens (tertiary/aromatic N) is 1. The van der Waals surface area contributed by atoms with Crippen LogP contribution in [0.2, 0.25) is 0 Å². The van der Waals surface area contributed by atoms with Gasteiger partial charge in [0.1, 0.15) is 11.6 Å². The zero-order valence-corrected chi connectivity index (χ0v) is 12.6. The fraction of sp³-hybridized carbons (Fsp3) is 0.188. The summed E-state index contributed by atoms with van der Waals surface area (Å²) in [6.07, 6.45) is 0. The number of carbonyl (C=O) groups excluding carboxylic acids is 2. The predicted molar refractivity (Wildman–Crippen MR) is 84.0 cm³/mol. The fourth-order valence-corrected chi connectivity index (χ4v) is 2.71. The van der Waals surface area contributed by atoms with Crippen LogP contribution in [0.4, 0.5) is 5.82 Å². The summed E-state index contributed by atoms with van der Waals surface area (Å²) in [7, 11) is 0. The lowest BCUT2D eigenvalue weighted by Gasteiger charge is -2.14. The van der Waals surface area contributed by atoms with Crippen molar-refractivity contribution in [1.29, 1.82) is 0 Å². The molecule has 0 fully saturated rings. The number of rotatable bonds is 2. The SMILES string of the molecule is CC(C)c1ccc(-n2c(N)c3c(cc2=O)C(=O)NC3=O)cc1O. The van der Waals surface area contributed by atoms with Gasteiger partial charge in [0.05, 0.1) is 16.8 Å². The van der Waals surface area contributed by atoms with Crippen molar-refractivity contribution >= 4 is 17.6 Å². The van der Waals surface area contributed by atoms with E-state index < -0.39 is 17.4 Å².